The molecule has 0 aromatic heterocycles. The highest BCUT2D eigenvalue weighted by Gasteiger charge is 2.49. The lowest BCUT2D eigenvalue weighted by atomic mass is 9.81. The molecule has 1 aliphatic heterocycles. The average Bonchev–Trinajstić information content (AvgIpc) is 2.64. The zero-order valence-electron chi connectivity index (χ0n) is 11.6. The molecule has 2 N–H and O–H groups in total. The Labute approximate surface area is 123 Å². The van der Waals surface area contributed by atoms with Crippen molar-refractivity contribution in [3.8, 4) is 0 Å². The molecule has 0 saturated carbocycles. The maximum Gasteiger partial charge on any atom is 0.240 e. The summed E-state index contributed by atoms with van der Waals surface area (Å²) < 4.78 is 0. The van der Waals surface area contributed by atoms with Crippen molar-refractivity contribution in [3.05, 3.63) is 35.9 Å². The van der Waals surface area contributed by atoms with Crippen LogP contribution in [0.15, 0.2) is 30.3 Å². The molecule has 2 rings (SSSR count). The predicted octanol–water partition coefficient (Wildman–Crippen LogP) is 1.63. The Balaban J connectivity index is 2.27. The molecule has 4 nitrogen and oxygen atoms in total. The molecule has 2 amide bonds. The van der Waals surface area contributed by atoms with Crippen LogP contribution in [-0.4, -0.2) is 28.2 Å². The van der Waals surface area contributed by atoms with Gasteiger partial charge in [0.15, 0.2) is 0 Å². The van der Waals surface area contributed by atoms with Crippen LogP contribution in [-0.2, 0) is 15.0 Å². The van der Waals surface area contributed by atoms with Gasteiger partial charge in [-0.05, 0) is 12.5 Å². The number of amides is 2. The lowest BCUT2D eigenvalue weighted by molar-refractivity contribution is -0.140. The molecule has 1 heterocycles. The van der Waals surface area contributed by atoms with Gasteiger partial charge >= 0.3 is 0 Å². The van der Waals surface area contributed by atoms with Crippen LogP contribution >= 0.6 is 12.2 Å². The van der Waals surface area contributed by atoms with Gasteiger partial charge in [0.05, 0.1) is 10.4 Å². The highest BCUT2D eigenvalue weighted by Crippen LogP contribution is 2.36. The largest absolute Gasteiger partial charge is 0.393 e. The molecule has 1 aromatic carbocycles. The second kappa shape index (κ2) is 5.32. The topological polar surface area (TPSA) is 63.4 Å². The number of hydrogen-bond donors (Lipinski definition) is 1. The van der Waals surface area contributed by atoms with Crippen molar-refractivity contribution in [2.24, 2.45) is 11.7 Å². The molecule has 0 radical (unpaired) electrons. The molecule has 2 unspecified atom stereocenters. The molecule has 1 aromatic rings. The number of likely N-dealkylation sites (tertiary alicyclic amines) is 1. The van der Waals surface area contributed by atoms with E-state index >= 15 is 0 Å². The molecule has 1 aliphatic rings. The number of nitrogens with zero attached hydrogens (tertiary/aromatic N) is 1. The van der Waals surface area contributed by atoms with E-state index in [0.717, 1.165) is 5.56 Å². The first kappa shape index (κ1) is 14.7. The van der Waals surface area contributed by atoms with E-state index in [9.17, 15) is 9.59 Å². The van der Waals surface area contributed by atoms with Crippen molar-refractivity contribution in [1.29, 1.82) is 0 Å². The maximum atomic E-state index is 12.6. The minimum atomic E-state index is -0.783. The van der Waals surface area contributed by atoms with E-state index in [0.29, 0.717) is 4.99 Å². The average molecular weight is 290 g/mol. The molecule has 0 bridgehead atoms. The van der Waals surface area contributed by atoms with Crippen molar-refractivity contribution in [3.63, 3.8) is 0 Å². The number of thiocarbonyl (C=S) groups is 1. The molecule has 1 saturated heterocycles. The molecular formula is C15H18N2O2S. The quantitative estimate of drug-likeness (QED) is 0.676. The lowest BCUT2D eigenvalue weighted by Gasteiger charge is -2.24. The van der Waals surface area contributed by atoms with Crippen LogP contribution in [0.5, 0.6) is 0 Å². The Morgan fingerprint density at radius 2 is 2.00 bits per heavy atom. The monoisotopic (exact) mass is 290 g/mol. The van der Waals surface area contributed by atoms with Crippen LogP contribution < -0.4 is 5.73 Å². The summed E-state index contributed by atoms with van der Waals surface area (Å²) >= 11 is 4.91. The fourth-order valence-electron chi connectivity index (χ4n) is 2.46. The van der Waals surface area contributed by atoms with E-state index in [1.807, 2.05) is 44.2 Å². The molecule has 2 atom stereocenters. The van der Waals surface area contributed by atoms with Crippen molar-refractivity contribution in [2.45, 2.75) is 25.7 Å². The normalized spacial score (nSPS) is 24.0. The summed E-state index contributed by atoms with van der Waals surface area (Å²) in [4.78, 5) is 26.4. The third kappa shape index (κ3) is 2.45. The lowest BCUT2D eigenvalue weighted by Crippen LogP contribution is -2.41. The fourth-order valence-corrected chi connectivity index (χ4v) is 2.54. The Kier molecular flexibility index (Phi) is 3.90. The van der Waals surface area contributed by atoms with Gasteiger partial charge in [0, 0.05) is 18.9 Å². The zero-order chi connectivity index (χ0) is 14.9. The van der Waals surface area contributed by atoms with Gasteiger partial charge in [-0.2, -0.15) is 0 Å². The van der Waals surface area contributed by atoms with Crippen molar-refractivity contribution in [2.75, 3.05) is 6.54 Å². The fraction of sp³-hybridized carbons (Fsp3) is 0.400. The second-order valence-corrected chi connectivity index (χ2v) is 5.96. The summed E-state index contributed by atoms with van der Waals surface area (Å²) in [6.45, 7) is 3.89. The van der Waals surface area contributed by atoms with E-state index in [2.05, 4.69) is 0 Å². The molecule has 106 valence electrons. The van der Waals surface area contributed by atoms with Crippen LogP contribution in [0.4, 0.5) is 0 Å². The number of carbonyl (C=O) groups is 2. The SMILES string of the molecule is CC(CN1C(=O)CC(C)(c2ccccc2)C1=O)C(N)=S. The summed E-state index contributed by atoms with van der Waals surface area (Å²) in [5.74, 6) is -0.503. The smallest absolute Gasteiger partial charge is 0.240 e. The summed E-state index contributed by atoms with van der Waals surface area (Å²) in [6.07, 6.45) is 0.194. The Bertz CT molecular complexity index is 558. The molecule has 0 aliphatic carbocycles. The van der Waals surface area contributed by atoms with Crippen LogP contribution in [0.3, 0.4) is 0 Å². The summed E-state index contributed by atoms with van der Waals surface area (Å²) in [6, 6.07) is 9.40. The predicted molar refractivity (Wildman–Crippen MR) is 81.1 cm³/mol. The highest BCUT2D eigenvalue weighted by atomic mass is 32.1. The van der Waals surface area contributed by atoms with Gasteiger partial charge in [-0.25, -0.2) is 0 Å². The first-order valence-electron chi connectivity index (χ1n) is 6.56. The third-order valence-electron chi connectivity index (χ3n) is 3.88. The first-order chi connectivity index (χ1) is 9.36. The van der Waals surface area contributed by atoms with Crippen LogP contribution in [0.1, 0.15) is 25.8 Å². The van der Waals surface area contributed by atoms with Crippen LogP contribution in [0, 0.1) is 5.92 Å². The van der Waals surface area contributed by atoms with E-state index in [1.165, 1.54) is 4.90 Å². The minimum absolute atomic E-state index is 0.163. The van der Waals surface area contributed by atoms with E-state index in [-0.39, 0.29) is 30.7 Å². The standard InChI is InChI=1S/C15H18N2O2S/c1-10(13(16)20)9-17-12(18)8-15(2,14(17)19)11-6-4-3-5-7-11/h3-7,10H,8-9H2,1-2H3,(H2,16,20). The number of rotatable bonds is 4. The van der Waals surface area contributed by atoms with Crippen LogP contribution in [0.2, 0.25) is 0 Å². The Morgan fingerprint density at radius 3 is 2.55 bits per heavy atom. The first-order valence-corrected chi connectivity index (χ1v) is 6.96. The van der Waals surface area contributed by atoms with Gasteiger partial charge < -0.3 is 5.73 Å². The molecule has 20 heavy (non-hydrogen) atoms. The van der Waals surface area contributed by atoms with Crippen molar-refractivity contribution < 1.29 is 9.59 Å². The number of carbonyl (C=O) groups excluding carboxylic acids is 2. The second-order valence-electron chi connectivity index (χ2n) is 5.49. The molecule has 0 spiro atoms. The van der Waals surface area contributed by atoms with Gasteiger partial charge in [0.1, 0.15) is 0 Å². The minimum Gasteiger partial charge on any atom is -0.393 e. The number of imide groups is 1. The Morgan fingerprint density at radius 1 is 1.40 bits per heavy atom. The van der Waals surface area contributed by atoms with Crippen molar-refractivity contribution in [1.82, 2.24) is 4.90 Å². The third-order valence-corrected chi connectivity index (χ3v) is 4.28. The summed E-state index contributed by atoms with van der Waals surface area (Å²) in [5.41, 5.74) is 5.65. The number of hydrogen-bond acceptors (Lipinski definition) is 3. The van der Waals surface area contributed by atoms with Gasteiger partial charge in [-0.15, -0.1) is 0 Å². The van der Waals surface area contributed by atoms with Gasteiger partial charge in [-0.1, -0.05) is 49.5 Å². The highest BCUT2D eigenvalue weighted by molar-refractivity contribution is 7.80. The maximum absolute atomic E-state index is 12.6. The summed E-state index contributed by atoms with van der Waals surface area (Å²) in [7, 11) is 0. The molecule has 5 heteroatoms. The van der Waals surface area contributed by atoms with Gasteiger partial charge in [0.2, 0.25) is 11.8 Å². The van der Waals surface area contributed by atoms with Crippen molar-refractivity contribution >= 4 is 29.0 Å². The number of benzene rings is 1. The van der Waals surface area contributed by atoms with Crippen LogP contribution in [0.25, 0.3) is 0 Å². The van der Waals surface area contributed by atoms with E-state index in [4.69, 9.17) is 18.0 Å². The molecule has 1 fully saturated rings. The van der Waals surface area contributed by atoms with Gasteiger partial charge in [-0.3, -0.25) is 14.5 Å². The summed E-state index contributed by atoms with van der Waals surface area (Å²) in [5, 5.41) is 0. The van der Waals surface area contributed by atoms with E-state index < -0.39 is 5.41 Å². The van der Waals surface area contributed by atoms with Gasteiger partial charge in [0.25, 0.3) is 0 Å². The van der Waals surface area contributed by atoms with E-state index in [1.54, 1.807) is 0 Å². The Hall–Kier alpha value is -1.75. The number of nitrogens with two attached hydrogens (primary N) is 1. The molecular weight excluding hydrogens is 272 g/mol. The zero-order valence-corrected chi connectivity index (χ0v) is 12.4.